The van der Waals surface area contributed by atoms with Crippen LogP contribution >= 0.6 is 0 Å². The molecule has 2 heterocycles. The summed E-state index contributed by atoms with van der Waals surface area (Å²) in [6.07, 6.45) is 1.54. The maximum absolute atomic E-state index is 12.3. The van der Waals surface area contributed by atoms with E-state index in [-0.39, 0.29) is 4.90 Å². The SMILES string of the molecule is Cc1cn[nH]c1NS(=O)(=O)c1ccc2c(c1)OCCO2. The molecule has 2 N–H and O–H groups in total. The number of nitrogens with zero attached hydrogens (tertiary/aromatic N) is 1. The van der Waals surface area contributed by atoms with Gasteiger partial charge in [0.1, 0.15) is 19.0 Å². The summed E-state index contributed by atoms with van der Waals surface area (Å²) >= 11 is 0. The van der Waals surface area contributed by atoms with Crippen molar-refractivity contribution in [3.8, 4) is 11.5 Å². The lowest BCUT2D eigenvalue weighted by Gasteiger charge is -2.18. The molecular formula is C12H13N3O4S. The molecule has 0 amide bonds. The van der Waals surface area contributed by atoms with Crippen molar-refractivity contribution in [3.05, 3.63) is 30.0 Å². The van der Waals surface area contributed by atoms with Crippen molar-refractivity contribution in [1.82, 2.24) is 10.2 Å². The average Bonchev–Trinajstić information content (AvgIpc) is 2.83. The largest absolute Gasteiger partial charge is 0.486 e. The van der Waals surface area contributed by atoms with Gasteiger partial charge in [-0.1, -0.05) is 0 Å². The Bertz CT molecular complexity index is 739. The van der Waals surface area contributed by atoms with E-state index in [1.165, 1.54) is 12.1 Å². The number of fused-ring (bicyclic) bond motifs is 1. The zero-order chi connectivity index (χ0) is 14.2. The summed E-state index contributed by atoms with van der Waals surface area (Å²) in [4.78, 5) is 0.107. The van der Waals surface area contributed by atoms with Crippen molar-refractivity contribution in [2.45, 2.75) is 11.8 Å². The number of H-pyrrole nitrogens is 1. The van der Waals surface area contributed by atoms with Crippen molar-refractivity contribution in [3.63, 3.8) is 0 Å². The van der Waals surface area contributed by atoms with E-state index in [0.29, 0.717) is 36.1 Å². The van der Waals surface area contributed by atoms with Crippen LogP contribution in [0.3, 0.4) is 0 Å². The highest BCUT2D eigenvalue weighted by Gasteiger charge is 2.20. The fourth-order valence-electron chi connectivity index (χ4n) is 1.83. The van der Waals surface area contributed by atoms with Gasteiger partial charge in [-0.2, -0.15) is 5.10 Å². The first-order valence-corrected chi connectivity index (χ1v) is 7.47. The number of ether oxygens (including phenoxy) is 2. The zero-order valence-electron chi connectivity index (χ0n) is 10.7. The monoisotopic (exact) mass is 295 g/mol. The fourth-order valence-corrected chi connectivity index (χ4v) is 2.94. The number of benzene rings is 1. The van der Waals surface area contributed by atoms with Crippen LogP contribution in [0.4, 0.5) is 5.82 Å². The van der Waals surface area contributed by atoms with Gasteiger partial charge in [0.25, 0.3) is 10.0 Å². The first-order valence-electron chi connectivity index (χ1n) is 5.99. The number of hydrogen-bond donors (Lipinski definition) is 2. The molecule has 106 valence electrons. The van der Waals surface area contributed by atoms with Gasteiger partial charge >= 0.3 is 0 Å². The Hall–Kier alpha value is -2.22. The molecule has 0 saturated carbocycles. The molecule has 0 fully saturated rings. The topological polar surface area (TPSA) is 93.3 Å². The molecule has 0 aliphatic carbocycles. The Kier molecular flexibility index (Phi) is 3.01. The Morgan fingerprint density at radius 1 is 1.25 bits per heavy atom. The van der Waals surface area contributed by atoms with Crippen LogP contribution in [0.2, 0.25) is 0 Å². The highest BCUT2D eigenvalue weighted by molar-refractivity contribution is 7.92. The van der Waals surface area contributed by atoms with Gasteiger partial charge in [0.05, 0.1) is 11.1 Å². The highest BCUT2D eigenvalue weighted by atomic mass is 32.2. The summed E-state index contributed by atoms with van der Waals surface area (Å²) in [5, 5.41) is 6.37. The molecule has 1 aliphatic rings. The summed E-state index contributed by atoms with van der Waals surface area (Å²) in [7, 11) is -3.70. The van der Waals surface area contributed by atoms with Crippen LogP contribution < -0.4 is 14.2 Å². The Labute approximate surface area is 116 Å². The lowest BCUT2D eigenvalue weighted by Crippen LogP contribution is -2.17. The van der Waals surface area contributed by atoms with Crippen molar-refractivity contribution >= 4 is 15.8 Å². The van der Waals surface area contributed by atoms with E-state index in [2.05, 4.69) is 14.9 Å². The number of anilines is 1. The van der Waals surface area contributed by atoms with E-state index >= 15 is 0 Å². The molecule has 0 unspecified atom stereocenters. The minimum absolute atomic E-state index is 0.107. The van der Waals surface area contributed by atoms with Gasteiger partial charge in [-0.3, -0.25) is 9.82 Å². The molecule has 0 saturated heterocycles. The predicted octanol–water partition coefficient (Wildman–Crippen LogP) is 1.29. The number of sulfonamides is 1. The Balaban J connectivity index is 1.93. The van der Waals surface area contributed by atoms with Gasteiger partial charge in [0.15, 0.2) is 11.5 Å². The van der Waals surface area contributed by atoms with Gasteiger partial charge in [-0.25, -0.2) is 8.42 Å². The molecule has 7 nitrogen and oxygen atoms in total. The average molecular weight is 295 g/mol. The van der Waals surface area contributed by atoms with Crippen LogP contribution in [0.15, 0.2) is 29.3 Å². The van der Waals surface area contributed by atoms with Crippen LogP contribution in [0, 0.1) is 6.92 Å². The van der Waals surface area contributed by atoms with Gasteiger partial charge in [0.2, 0.25) is 0 Å². The summed E-state index contributed by atoms with van der Waals surface area (Å²) in [5.41, 5.74) is 0.714. The number of rotatable bonds is 3. The van der Waals surface area contributed by atoms with Crippen molar-refractivity contribution in [1.29, 1.82) is 0 Å². The van der Waals surface area contributed by atoms with E-state index in [0.717, 1.165) is 0 Å². The molecule has 1 aliphatic heterocycles. The molecule has 20 heavy (non-hydrogen) atoms. The van der Waals surface area contributed by atoms with Crippen LogP contribution in [-0.2, 0) is 10.0 Å². The first kappa shape index (κ1) is 12.8. The molecule has 1 aromatic heterocycles. The van der Waals surface area contributed by atoms with E-state index in [4.69, 9.17) is 9.47 Å². The van der Waals surface area contributed by atoms with Crippen LogP contribution in [0.5, 0.6) is 11.5 Å². The van der Waals surface area contributed by atoms with Crippen LogP contribution in [0.1, 0.15) is 5.56 Å². The van der Waals surface area contributed by atoms with E-state index < -0.39 is 10.0 Å². The minimum atomic E-state index is -3.70. The molecule has 0 spiro atoms. The van der Waals surface area contributed by atoms with Crippen molar-refractivity contribution < 1.29 is 17.9 Å². The number of hydrogen-bond acceptors (Lipinski definition) is 5. The second-order valence-electron chi connectivity index (χ2n) is 4.34. The van der Waals surface area contributed by atoms with Crippen molar-refractivity contribution in [2.75, 3.05) is 17.9 Å². The van der Waals surface area contributed by atoms with E-state index in [1.807, 2.05) is 0 Å². The van der Waals surface area contributed by atoms with Crippen LogP contribution in [-0.4, -0.2) is 31.8 Å². The van der Waals surface area contributed by atoms with Gasteiger partial charge < -0.3 is 9.47 Å². The number of aryl methyl sites for hydroxylation is 1. The number of aromatic amines is 1. The Morgan fingerprint density at radius 3 is 2.70 bits per heavy atom. The lowest BCUT2D eigenvalue weighted by atomic mass is 10.3. The second-order valence-corrected chi connectivity index (χ2v) is 6.02. The third kappa shape index (κ3) is 2.29. The van der Waals surface area contributed by atoms with Gasteiger partial charge in [0, 0.05) is 11.6 Å². The molecule has 1 aromatic carbocycles. The summed E-state index contributed by atoms with van der Waals surface area (Å²) in [6.45, 7) is 2.62. The van der Waals surface area contributed by atoms with E-state index in [1.54, 1.807) is 19.2 Å². The normalized spacial score (nSPS) is 14.1. The third-order valence-corrected chi connectivity index (χ3v) is 4.24. The molecule has 0 atom stereocenters. The predicted molar refractivity (Wildman–Crippen MR) is 71.6 cm³/mol. The molecule has 0 radical (unpaired) electrons. The third-order valence-electron chi connectivity index (χ3n) is 2.89. The number of nitrogens with one attached hydrogen (secondary N) is 2. The van der Waals surface area contributed by atoms with Crippen LogP contribution in [0.25, 0.3) is 0 Å². The fraction of sp³-hybridized carbons (Fsp3) is 0.250. The first-order chi connectivity index (χ1) is 9.56. The summed E-state index contributed by atoms with van der Waals surface area (Å²) < 4.78 is 37.8. The quantitative estimate of drug-likeness (QED) is 0.890. The smallest absolute Gasteiger partial charge is 0.263 e. The maximum atomic E-state index is 12.3. The Morgan fingerprint density at radius 2 is 2.00 bits per heavy atom. The summed E-state index contributed by atoms with van der Waals surface area (Å²) in [6, 6.07) is 4.51. The second kappa shape index (κ2) is 4.71. The molecule has 8 heteroatoms. The zero-order valence-corrected chi connectivity index (χ0v) is 11.5. The maximum Gasteiger partial charge on any atom is 0.263 e. The van der Waals surface area contributed by atoms with Crippen molar-refractivity contribution in [2.24, 2.45) is 0 Å². The molecular weight excluding hydrogens is 282 g/mol. The van der Waals surface area contributed by atoms with Gasteiger partial charge in [-0.05, 0) is 19.1 Å². The summed E-state index contributed by atoms with van der Waals surface area (Å²) in [5.74, 6) is 1.33. The number of aromatic nitrogens is 2. The van der Waals surface area contributed by atoms with Gasteiger partial charge in [-0.15, -0.1) is 0 Å². The lowest BCUT2D eigenvalue weighted by molar-refractivity contribution is 0.171. The molecule has 3 rings (SSSR count). The molecule has 0 bridgehead atoms. The minimum Gasteiger partial charge on any atom is -0.486 e. The standard InChI is InChI=1S/C12H13N3O4S/c1-8-7-13-14-12(8)15-20(16,17)9-2-3-10-11(6-9)19-5-4-18-10/h2-3,6-7H,4-5H2,1H3,(H2,13,14,15). The molecule has 2 aromatic rings. The highest BCUT2D eigenvalue weighted by Crippen LogP contribution is 2.32. The van der Waals surface area contributed by atoms with E-state index in [9.17, 15) is 8.42 Å².